The Morgan fingerprint density at radius 1 is 0.682 bits per heavy atom. The molecular formula is C16H34O5S. The Bertz CT molecular complexity index is 316. The van der Waals surface area contributed by atoms with Crippen molar-refractivity contribution < 1.29 is 21.8 Å². The summed E-state index contributed by atoms with van der Waals surface area (Å²) in [4.78, 5) is 4.63. The van der Waals surface area contributed by atoms with Crippen LogP contribution in [0, 0.1) is 0 Å². The molecule has 0 fully saturated rings. The molecule has 0 spiro atoms. The van der Waals surface area contributed by atoms with Gasteiger partial charge in [0.05, 0.1) is 13.2 Å². The molecule has 22 heavy (non-hydrogen) atoms. The van der Waals surface area contributed by atoms with Crippen molar-refractivity contribution >= 4 is 10.4 Å². The molecule has 0 rings (SSSR count). The van der Waals surface area contributed by atoms with Crippen LogP contribution in [0.5, 0.6) is 0 Å². The van der Waals surface area contributed by atoms with Crippen LogP contribution >= 0.6 is 0 Å². The van der Waals surface area contributed by atoms with Crippen molar-refractivity contribution in [3.8, 4) is 0 Å². The second kappa shape index (κ2) is 15.7. The third kappa shape index (κ3) is 16.2. The molecule has 0 atom stereocenters. The van der Waals surface area contributed by atoms with E-state index in [0.717, 1.165) is 19.3 Å². The van der Waals surface area contributed by atoms with Crippen molar-refractivity contribution in [1.82, 2.24) is 0 Å². The monoisotopic (exact) mass is 338 g/mol. The first-order valence-corrected chi connectivity index (χ1v) is 10.2. The van der Waals surface area contributed by atoms with Crippen LogP contribution < -0.4 is 0 Å². The van der Waals surface area contributed by atoms with Crippen molar-refractivity contribution in [3.05, 3.63) is 0 Å². The van der Waals surface area contributed by atoms with Crippen molar-refractivity contribution in [2.75, 3.05) is 13.2 Å². The lowest BCUT2D eigenvalue weighted by Gasteiger charge is -2.04. The van der Waals surface area contributed by atoms with Crippen LogP contribution in [-0.4, -0.2) is 21.6 Å². The van der Waals surface area contributed by atoms with Crippen molar-refractivity contribution in [1.29, 1.82) is 0 Å². The summed E-state index contributed by atoms with van der Waals surface area (Å²) in [6.45, 7) is 4.15. The van der Waals surface area contributed by atoms with E-state index in [0.29, 0.717) is 0 Å². The molecule has 0 bridgehead atoms. The van der Waals surface area contributed by atoms with Crippen LogP contribution in [0.15, 0.2) is 0 Å². The van der Waals surface area contributed by atoms with Gasteiger partial charge in [0.1, 0.15) is 0 Å². The topological polar surface area (TPSA) is 61.8 Å². The molecule has 0 unspecified atom stereocenters. The second-order valence-electron chi connectivity index (χ2n) is 5.59. The minimum atomic E-state index is -3.97. The maximum Gasteiger partial charge on any atom is 0.426 e. The molecule has 0 radical (unpaired) electrons. The Hall–Kier alpha value is -0.170. The lowest BCUT2D eigenvalue weighted by molar-refractivity contribution is -0.210. The summed E-state index contributed by atoms with van der Waals surface area (Å²) in [5.74, 6) is 0. The molecule has 0 aliphatic rings. The fraction of sp³-hybridized carbons (Fsp3) is 1.00. The molecule has 0 aromatic rings. The van der Waals surface area contributed by atoms with Gasteiger partial charge in [0, 0.05) is 0 Å². The highest BCUT2D eigenvalue weighted by Crippen LogP contribution is 2.12. The Balaban J connectivity index is 3.15. The van der Waals surface area contributed by atoms with Gasteiger partial charge in [-0.2, -0.15) is 8.42 Å². The average molecular weight is 339 g/mol. The standard InChI is InChI=1S/C16H34O5S/c1-3-5-6-7-8-9-10-11-12-13-14-15-16-19-21-22(17,18)20-4-2/h3-16H2,1-2H3. The van der Waals surface area contributed by atoms with Gasteiger partial charge in [-0.3, -0.25) is 0 Å². The fourth-order valence-corrected chi connectivity index (χ4v) is 2.77. The second-order valence-corrected chi connectivity index (χ2v) is 6.78. The van der Waals surface area contributed by atoms with E-state index in [1.807, 2.05) is 0 Å². The molecule has 0 saturated heterocycles. The number of rotatable bonds is 17. The molecule has 0 aromatic carbocycles. The minimum Gasteiger partial charge on any atom is -0.247 e. The van der Waals surface area contributed by atoms with E-state index < -0.39 is 10.4 Å². The smallest absolute Gasteiger partial charge is 0.247 e. The number of hydrogen-bond donors (Lipinski definition) is 0. The van der Waals surface area contributed by atoms with Crippen molar-refractivity contribution in [3.63, 3.8) is 0 Å². The molecular weight excluding hydrogens is 304 g/mol. The summed E-state index contributed by atoms with van der Waals surface area (Å²) in [5.41, 5.74) is 0. The van der Waals surface area contributed by atoms with Gasteiger partial charge in [-0.1, -0.05) is 81.9 Å². The highest BCUT2D eigenvalue weighted by atomic mass is 32.3. The summed E-state index contributed by atoms with van der Waals surface area (Å²) in [6.07, 6.45) is 15.1. The first-order valence-electron chi connectivity index (χ1n) is 8.82. The van der Waals surface area contributed by atoms with Crippen LogP contribution in [-0.2, 0) is 23.8 Å². The van der Waals surface area contributed by atoms with E-state index in [1.54, 1.807) is 6.92 Å². The lowest BCUT2D eigenvalue weighted by atomic mass is 10.1. The van der Waals surface area contributed by atoms with Gasteiger partial charge in [0.2, 0.25) is 0 Å². The quantitative estimate of drug-likeness (QED) is 0.214. The molecule has 0 N–H and O–H groups in total. The molecule has 5 nitrogen and oxygen atoms in total. The maximum atomic E-state index is 11.0. The third-order valence-corrected chi connectivity index (χ3v) is 4.26. The largest absolute Gasteiger partial charge is 0.426 e. The summed E-state index contributed by atoms with van der Waals surface area (Å²) in [5, 5.41) is 0. The van der Waals surface area contributed by atoms with Crippen LogP contribution in [0.4, 0.5) is 0 Å². The Morgan fingerprint density at radius 2 is 1.14 bits per heavy atom. The first-order chi connectivity index (χ1) is 10.6. The highest BCUT2D eigenvalue weighted by Gasteiger charge is 2.11. The number of hydrogen-bond acceptors (Lipinski definition) is 5. The lowest BCUT2D eigenvalue weighted by Crippen LogP contribution is -2.11. The number of unbranched alkanes of at least 4 members (excludes halogenated alkanes) is 11. The van der Waals surface area contributed by atoms with E-state index in [4.69, 9.17) is 0 Å². The normalized spacial score (nSPS) is 11.9. The van der Waals surface area contributed by atoms with Gasteiger partial charge in [-0.25, -0.2) is 9.07 Å². The van der Waals surface area contributed by atoms with Gasteiger partial charge in [0.25, 0.3) is 0 Å². The van der Waals surface area contributed by atoms with Gasteiger partial charge in [0.15, 0.2) is 0 Å². The Kier molecular flexibility index (Phi) is 15.6. The molecule has 0 aliphatic carbocycles. The van der Waals surface area contributed by atoms with Gasteiger partial charge >= 0.3 is 10.4 Å². The summed E-state index contributed by atoms with van der Waals surface area (Å²) in [6, 6.07) is 0. The third-order valence-electron chi connectivity index (χ3n) is 3.47. The molecule has 0 aliphatic heterocycles. The minimum absolute atomic E-state index is 0.0459. The zero-order chi connectivity index (χ0) is 16.5. The summed E-state index contributed by atoms with van der Waals surface area (Å²) >= 11 is 0. The molecule has 0 aromatic heterocycles. The Labute approximate surface area is 137 Å². The van der Waals surface area contributed by atoms with Gasteiger partial charge in [-0.05, 0) is 13.3 Å². The van der Waals surface area contributed by atoms with E-state index in [-0.39, 0.29) is 13.2 Å². The maximum absolute atomic E-state index is 11.0. The van der Waals surface area contributed by atoms with E-state index in [2.05, 4.69) is 20.3 Å². The summed E-state index contributed by atoms with van der Waals surface area (Å²) < 4.78 is 30.5. The van der Waals surface area contributed by atoms with Crippen molar-refractivity contribution in [2.24, 2.45) is 0 Å². The first kappa shape index (κ1) is 21.8. The fourth-order valence-electron chi connectivity index (χ4n) is 2.26. The van der Waals surface area contributed by atoms with E-state index in [1.165, 1.54) is 57.8 Å². The van der Waals surface area contributed by atoms with Crippen LogP contribution in [0.1, 0.15) is 90.9 Å². The van der Waals surface area contributed by atoms with E-state index in [9.17, 15) is 8.42 Å². The van der Waals surface area contributed by atoms with Crippen LogP contribution in [0.25, 0.3) is 0 Å². The SMILES string of the molecule is CCCCCCCCCCCCCCOOS(=O)(=O)OCC. The molecule has 0 heterocycles. The molecule has 0 saturated carbocycles. The van der Waals surface area contributed by atoms with Crippen LogP contribution in [0.2, 0.25) is 0 Å². The Morgan fingerprint density at radius 3 is 1.59 bits per heavy atom. The van der Waals surface area contributed by atoms with Crippen molar-refractivity contribution in [2.45, 2.75) is 90.9 Å². The molecule has 134 valence electrons. The van der Waals surface area contributed by atoms with E-state index >= 15 is 0 Å². The van der Waals surface area contributed by atoms with Crippen LogP contribution in [0.3, 0.4) is 0 Å². The molecule has 6 heteroatoms. The summed E-state index contributed by atoms with van der Waals surface area (Å²) in [7, 11) is -3.97. The zero-order valence-corrected chi connectivity index (χ0v) is 15.2. The van der Waals surface area contributed by atoms with Gasteiger partial charge < -0.3 is 0 Å². The molecule has 0 amide bonds. The predicted octanol–water partition coefficient (Wildman–Crippen LogP) is 4.92. The zero-order valence-electron chi connectivity index (χ0n) is 14.3. The average Bonchev–Trinajstić information content (AvgIpc) is 2.47. The predicted molar refractivity (Wildman–Crippen MR) is 88.7 cm³/mol. The highest BCUT2D eigenvalue weighted by molar-refractivity contribution is 7.81. The van der Waals surface area contributed by atoms with Gasteiger partial charge in [-0.15, -0.1) is 0 Å².